The number of benzene rings is 2. The number of halogens is 2. The van der Waals surface area contributed by atoms with Gasteiger partial charge >= 0.3 is 5.97 Å². The molecule has 252 valence electrons. The SMILES string of the molecule is COc1cccc(OC)c1-c1ccc(C(=O)NC2(C(=O)O)C3CC4CC(C3)CC2C4)nc1-c1ccc(Cl)c(OCCCN(C)C)c1.Cl. The van der Waals surface area contributed by atoms with Crippen LogP contribution in [0.25, 0.3) is 22.4 Å². The van der Waals surface area contributed by atoms with E-state index in [0.717, 1.165) is 38.6 Å². The average Bonchev–Trinajstić information content (AvgIpc) is 3.04. The van der Waals surface area contributed by atoms with E-state index in [-0.39, 0.29) is 29.9 Å². The van der Waals surface area contributed by atoms with Gasteiger partial charge in [-0.3, -0.25) is 4.79 Å². The molecule has 4 aliphatic carbocycles. The van der Waals surface area contributed by atoms with E-state index in [9.17, 15) is 14.7 Å². The van der Waals surface area contributed by atoms with Crippen molar-refractivity contribution in [3.05, 3.63) is 59.2 Å². The van der Waals surface area contributed by atoms with Crippen LogP contribution in [0.2, 0.25) is 5.02 Å². The second-order valence-corrected chi connectivity index (χ2v) is 13.6. The summed E-state index contributed by atoms with van der Waals surface area (Å²) in [6, 6.07) is 14.4. The number of ether oxygens (including phenoxy) is 3. The molecule has 0 spiro atoms. The van der Waals surface area contributed by atoms with E-state index in [4.69, 9.17) is 30.8 Å². The molecule has 4 saturated carbocycles. The summed E-state index contributed by atoms with van der Waals surface area (Å²) in [4.78, 5) is 34.0. The lowest BCUT2D eigenvalue weighted by Gasteiger charge is -2.59. The number of hydrogen-bond acceptors (Lipinski definition) is 7. The van der Waals surface area contributed by atoms with Crippen molar-refractivity contribution in [2.45, 2.75) is 44.1 Å². The minimum atomic E-state index is -1.29. The molecule has 2 N–H and O–H groups in total. The summed E-state index contributed by atoms with van der Waals surface area (Å²) in [6.45, 7) is 1.35. The molecule has 0 aliphatic heterocycles. The molecule has 4 fully saturated rings. The highest BCUT2D eigenvalue weighted by Crippen LogP contribution is 2.58. The Labute approximate surface area is 287 Å². The van der Waals surface area contributed by atoms with Crippen LogP contribution in [0.5, 0.6) is 17.2 Å². The van der Waals surface area contributed by atoms with Gasteiger partial charge in [-0.15, -0.1) is 12.4 Å². The maximum atomic E-state index is 14.0. The summed E-state index contributed by atoms with van der Waals surface area (Å²) < 4.78 is 17.5. The molecule has 4 bridgehead atoms. The largest absolute Gasteiger partial charge is 0.496 e. The van der Waals surface area contributed by atoms with Crippen LogP contribution in [0.1, 0.15) is 49.0 Å². The van der Waals surface area contributed by atoms with E-state index in [1.807, 2.05) is 50.5 Å². The number of carbonyl (C=O) groups excluding carboxylic acids is 1. The summed E-state index contributed by atoms with van der Waals surface area (Å²) in [7, 11) is 7.20. The normalized spacial score (nSPS) is 24.0. The van der Waals surface area contributed by atoms with Gasteiger partial charge < -0.3 is 29.5 Å². The quantitative estimate of drug-likeness (QED) is 0.200. The first-order valence-corrected chi connectivity index (χ1v) is 16.4. The van der Waals surface area contributed by atoms with Crippen molar-refractivity contribution >= 4 is 35.9 Å². The van der Waals surface area contributed by atoms with Crippen LogP contribution in [-0.4, -0.2) is 73.9 Å². The van der Waals surface area contributed by atoms with Gasteiger partial charge in [0.2, 0.25) is 0 Å². The molecule has 7 rings (SSSR count). The molecule has 0 radical (unpaired) electrons. The van der Waals surface area contributed by atoms with E-state index >= 15 is 0 Å². The molecule has 11 heteroatoms. The van der Waals surface area contributed by atoms with Crippen molar-refractivity contribution in [2.24, 2.45) is 23.7 Å². The molecular weight excluding hydrogens is 641 g/mol. The Kier molecular flexibility index (Phi) is 10.6. The lowest BCUT2D eigenvalue weighted by atomic mass is 9.48. The van der Waals surface area contributed by atoms with Crippen LogP contribution in [-0.2, 0) is 4.79 Å². The van der Waals surface area contributed by atoms with Crippen LogP contribution >= 0.6 is 24.0 Å². The number of amides is 1. The smallest absolute Gasteiger partial charge is 0.330 e. The van der Waals surface area contributed by atoms with Gasteiger partial charge in [0.15, 0.2) is 0 Å². The van der Waals surface area contributed by atoms with Crippen LogP contribution in [0.3, 0.4) is 0 Å². The second-order valence-electron chi connectivity index (χ2n) is 13.2. The fraction of sp³-hybridized carbons (Fsp3) is 0.472. The number of methoxy groups -OCH3 is 2. The highest BCUT2D eigenvalue weighted by molar-refractivity contribution is 6.32. The monoisotopic (exact) mass is 683 g/mol. The summed E-state index contributed by atoms with van der Waals surface area (Å²) in [5.74, 6) is 1.16. The van der Waals surface area contributed by atoms with Gasteiger partial charge in [-0.2, -0.15) is 0 Å². The maximum absolute atomic E-state index is 14.0. The maximum Gasteiger partial charge on any atom is 0.330 e. The van der Waals surface area contributed by atoms with Crippen LogP contribution < -0.4 is 19.5 Å². The first kappa shape index (κ1) is 34.8. The molecular formula is C36H43Cl2N3O6. The number of carboxylic acid groups (broad SMARTS) is 1. The van der Waals surface area contributed by atoms with Crippen molar-refractivity contribution in [1.29, 1.82) is 0 Å². The van der Waals surface area contributed by atoms with E-state index in [2.05, 4.69) is 10.2 Å². The topological polar surface area (TPSA) is 110 Å². The minimum absolute atomic E-state index is 0. The molecule has 0 unspecified atom stereocenters. The third-order valence-corrected chi connectivity index (χ3v) is 10.4. The fourth-order valence-corrected chi connectivity index (χ4v) is 8.41. The molecule has 0 atom stereocenters. The predicted octanol–water partition coefficient (Wildman–Crippen LogP) is 6.85. The number of hydrogen-bond donors (Lipinski definition) is 2. The molecule has 1 amide bonds. The van der Waals surface area contributed by atoms with Crippen molar-refractivity contribution in [3.8, 4) is 39.6 Å². The van der Waals surface area contributed by atoms with Gasteiger partial charge in [0, 0.05) is 17.7 Å². The number of aromatic nitrogens is 1. The first-order valence-electron chi connectivity index (χ1n) is 16.0. The molecule has 4 aliphatic rings. The van der Waals surface area contributed by atoms with Crippen LogP contribution in [0, 0.1) is 23.7 Å². The number of pyridine rings is 1. The lowest BCUT2D eigenvalue weighted by molar-refractivity contribution is -0.163. The van der Waals surface area contributed by atoms with Gasteiger partial charge in [-0.05, 0) is 113 Å². The Bertz CT molecular complexity index is 1580. The number of carbonyl (C=O) groups is 2. The van der Waals surface area contributed by atoms with Gasteiger partial charge in [0.05, 0.1) is 37.1 Å². The van der Waals surface area contributed by atoms with Gasteiger partial charge in [0.25, 0.3) is 5.91 Å². The van der Waals surface area contributed by atoms with Crippen molar-refractivity contribution < 1.29 is 28.9 Å². The fourth-order valence-electron chi connectivity index (χ4n) is 8.23. The molecule has 3 aromatic rings. The van der Waals surface area contributed by atoms with E-state index in [1.54, 1.807) is 26.4 Å². The van der Waals surface area contributed by atoms with Crippen molar-refractivity contribution in [3.63, 3.8) is 0 Å². The number of rotatable bonds is 12. The Morgan fingerprint density at radius 1 is 0.957 bits per heavy atom. The number of aliphatic carboxylic acids is 1. The summed E-state index contributed by atoms with van der Waals surface area (Å²) in [5.41, 5.74) is 1.35. The summed E-state index contributed by atoms with van der Waals surface area (Å²) in [6.07, 6.45) is 5.36. The number of carboxylic acids is 1. The molecule has 47 heavy (non-hydrogen) atoms. The van der Waals surface area contributed by atoms with Gasteiger partial charge in [-0.1, -0.05) is 23.7 Å². The van der Waals surface area contributed by atoms with Crippen LogP contribution in [0.4, 0.5) is 0 Å². The predicted molar refractivity (Wildman–Crippen MR) is 184 cm³/mol. The van der Waals surface area contributed by atoms with E-state index in [1.165, 1.54) is 6.42 Å². The summed E-state index contributed by atoms with van der Waals surface area (Å²) >= 11 is 6.56. The average molecular weight is 685 g/mol. The van der Waals surface area contributed by atoms with Crippen molar-refractivity contribution in [2.75, 3.05) is 41.5 Å². The lowest BCUT2D eigenvalue weighted by Crippen LogP contribution is -2.70. The van der Waals surface area contributed by atoms with E-state index < -0.39 is 17.4 Å². The standard InChI is InChI=1S/C36H42ClN3O6.ClH/c1-40(2)13-6-14-46-31-20-23(9-11-27(31)37)33-26(32-29(44-3)7-5-8-30(32)45-4)10-12-28(38-33)34(41)39-36(35(42)43)24-16-21-15-22(18-24)19-25(36)17-21;/h5,7-12,20-22,24-25H,6,13-19H2,1-4H3,(H,39,41)(H,42,43);1H. The second kappa shape index (κ2) is 14.3. The zero-order valence-corrected chi connectivity index (χ0v) is 28.8. The third-order valence-electron chi connectivity index (χ3n) is 10.1. The molecule has 0 saturated heterocycles. The highest BCUT2D eigenvalue weighted by Gasteiger charge is 2.62. The molecule has 2 aromatic carbocycles. The van der Waals surface area contributed by atoms with Gasteiger partial charge in [-0.25, -0.2) is 9.78 Å². The third kappa shape index (κ3) is 6.62. The Balaban J connectivity index is 0.00000433. The zero-order chi connectivity index (χ0) is 32.6. The Morgan fingerprint density at radius 3 is 2.17 bits per heavy atom. The Morgan fingerprint density at radius 2 is 1.60 bits per heavy atom. The molecule has 1 aromatic heterocycles. The zero-order valence-electron chi connectivity index (χ0n) is 27.3. The highest BCUT2D eigenvalue weighted by atomic mass is 35.5. The summed E-state index contributed by atoms with van der Waals surface area (Å²) in [5, 5.41) is 14.1. The Hall–Kier alpha value is -3.53. The minimum Gasteiger partial charge on any atom is -0.496 e. The number of nitrogens with one attached hydrogen (secondary N) is 1. The first-order chi connectivity index (χ1) is 22.1. The molecule has 1 heterocycles. The van der Waals surface area contributed by atoms with E-state index in [0.29, 0.717) is 63.1 Å². The van der Waals surface area contributed by atoms with Crippen LogP contribution in [0.15, 0.2) is 48.5 Å². The molecule has 9 nitrogen and oxygen atoms in total. The van der Waals surface area contributed by atoms with Gasteiger partial charge in [0.1, 0.15) is 28.5 Å². The van der Waals surface area contributed by atoms with Crippen molar-refractivity contribution in [1.82, 2.24) is 15.2 Å². The number of nitrogens with zero attached hydrogens (tertiary/aromatic N) is 2.